The van der Waals surface area contributed by atoms with Gasteiger partial charge in [-0.2, -0.15) is 0 Å². The average molecular weight is 507 g/mol. The summed E-state index contributed by atoms with van der Waals surface area (Å²) in [5.74, 6) is 0. The first kappa shape index (κ1) is 26.3. The lowest BCUT2D eigenvalue weighted by molar-refractivity contribution is -0.198. The smallest absolute Gasteiger partial charge is 0.113 e. The van der Waals surface area contributed by atoms with Gasteiger partial charge in [-0.15, -0.1) is 0 Å². The van der Waals surface area contributed by atoms with Crippen LogP contribution in [0.15, 0.2) is 121 Å². The summed E-state index contributed by atoms with van der Waals surface area (Å²) in [6, 6.07) is 41.3. The lowest BCUT2D eigenvalue weighted by Crippen LogP contribution is -2.62. The number of hydrogen-bond donors (Lipinski definition) is 0. The predicted molar refractivity (Wildman–Crippen MR) is 151 cm³/mol. The van der Waals surface area contributed by atoms with Gasteiger partial charge in [-0.05, 0) is 29.2 Å². The van der Waals surface area contributed by atoms with Gasteiger partial charge in [-0.3, -0.25) is 4.90 Å². The summed E-state index contributed by atoms with van der Waals surface area (Å²) in [4.78, 5) is 2.36. The third-order valence-corrected chi connectivity index (χ3v) is 7.06. The molecule has 4 atom stereocenters. The molecular weight excluding hydrogens is 470 g/mol. The molecule has 0 amide bonds. The van der Waals surface area contributed by atoms with Crippen LogP contribution < -0.4 is 0 Å². The molecule has 0 spiro atoms. The highest BCUT2D eigenvalue weighted by Gasteiger charge is 2.44. The van der Waals surface area contributed by atoms with Crippen molar-refractivity contribution in [3.8, 4) is 0 Å². The first-order valence-corrected chi connectivity index (χ1v) is 13.3. The van der Waals surface area contributed by atoms with Crippen LogP contribution in [0.5, 0.6) is 0 Å². The zero-order valence-corrected chi connectivity index (χ0v) is 21.8. The van der Waals surface area contributed by atoms with Crippen LogP contribution in [0.4, 0.5) is 0 Å². The van der Waals surface area contributed by atoms with Gasteiger partial charge < -0.3 is 14.2 Å². The van der Waals surface area contributed by atoms with Crippen LogP contribution in [0.3, 0.4) is 0 Å². The number of benzene rings is 4. The standard InChI is InChI=1S/C34H36NO3/c1-27-33(37-25-30-18-10-4-11-19-30)34(38-26-31-20-12-5-13-21-31)32(36-24-29-16-8-3-9-17-29)23-35(27)22-28-14-6-2-7-15-28/h2-21,27,32-34H,1,22-26H2/t27-,32-,33+,34+/m0/s1. The van der Waals surface area contributed by atoms with Crippen LogP contribution in [0.1, 0.15) is 22.3 Å². The summed E-state index contributed by atoms with van der Waals surface area (Å²) in [7, 11) is 0. The molecule has 4 aromatic carbocycles. The molecule has 0 bridgehead atoms. The average Bonchev–Trinajstić information content (AvgIpc) is 2.98. The molecule has 1 radical (unpaired) electrons. The fraction of sp³-hybridized carbons (Fsp3) is 0.265. The van der Waals surface area contributed by atoms with Gasteiger partial charge in [-0.1, -0.05) is 121 Å². The van der Waals surface area contributed by atoms with Crippen molar-refractivity contribution in [1.82, 2.24) is 4.90 Å². The molecular formula is C34H36NO3. The minimum atomic E-state index is -0.267. The monoisotopic (exact) mass is 506 g/mol. The van der Waals surface area contributed by atoms with E-state index in [1.165, 1.54) is 5.56 Å². The third kappa shape index (κ3) is 7.18. The van der Waals surface area contributed by atoms with E-state index in [1.807, 2.05) is 60.7 Å². The van der Waals surface area contributed by atoms with Crippen LogP contribution in [-0.4, -0.2) is 35.8 Å². The van der Waals surface area contributed by atoms with Crippen molar-refractivity contribution in [2.24, 2.45) is 0 Å². The first-order valence-electron chi connectivity index (χ1n) is 13.3. The molecule has 0 aromatic heterocycles. The maximum Gasteiger partial charge on any atom is 0.113 e. The molecule has 195 valence electrons. The normalized spacial score (nSPS) is 21.8. The van der Waals surface area contributed by atoms with E-state index in [4.69, 9.17) is 14.2 Å². The van der Waals surface area contributed by atoms with Gasteiger partial charge in [0.05, 0.1) is 25.9 Å². The Balaban J connectivity index is 1.39. The molecule has 1 heterocycles. The largest absolute Gasteiger partial charge is 0.369 e. The third-order valence-electron chi connectivity index (χ3n) is 7.06. The van der Waals surface area contributed by atoms with Crippen LogP contribution >= 0.6 is 0 Å². The van der Waals surface area contributed by atoms with E-state index in [2.05, 4.69) is 72.5 Å². The minimum absolute atomic E-state index is 0.101. The quantitative estimate of drug-likeness (QED) is 0.234. The van der Waals surface area contributed by atoms with Crippen molar-refractivity contribution in [3.05, 3.63) is 151 Å². The molecule has 0 unspecified atom stereocenters. The van der Waals surface area contributed by atoms with E-state index in [9.17, 15) is 0 Å². The van der Waals surface area contributed by atoms with Crippen LogP contribution in [-0.2, 0) is 40.6 Å². The summed E-state index contributed by atoms with van der Waals surface area (Å²) in [6.07, 6.45) is -0.712. The van der Waals surface area contributed by atoms with E-state index >= 15 is 0 Å². The van der Waals surface area contributed by atoms with E-state index in [1.54, 1.807) is 0 Å². The highest BCUT2D eigenvalue weighted by Crippen LogP contribution is 2.29. The predicted octanol–water partition coefficient (Wildman–Crippen LogP) is 6.46. The van der Waals surface area contributed by atoms with Crippen LogP contribution in [0, 0.1) is 6.92 Å². The summed E-state index contributed by atoms with van der Waals surface area (Å²) < 4.78 is 19.8. The molecule has 0 saturated carbocycles. The van der Waals surface area contributed by atoms with Crippen molar-refractivity contribution >= 4 is 0 Å². The summed E-state index contributed by atoms with van der Waals surface area (Å²) >= 11 is 0. The second kappa shape index (κ2) is 13.5. The fourth-order valence-electron chi connectivity index (χ4n) is 4.97. The van der Waals surface area contributed by atoms with Crippen molar-refractivity contribution in [1.29, 1.82) is 0 Å². The minimum Gasteiger partial charge on any atom is -0.369 e. The van der Waals surface area contributed by atoms with E-state index in [0.717, 1.165) is 23.2 Å². The van der Waals surface area contributed by atoms with Gasteiger partial charge in [-0.25, -0.2) is 0 Å². The lowest BCUT2D eigenvalue weighted by Gasteiger charge is -2.47. The SMILES string of the molecule is [CH2][C@H]1[C@@H](OCc2ccccc2)[C@H](OCc2ccccc2)[C@@H](OCc2ccccc2)CN1Cc1ccccc1. The van der Waals surface area contributed by atoms with Crippen molar-refractivity contribution in [2.45, 2.75) is 50.7 Å². The molecule has 0 aliphatic carbocycles. The van der Waals surface area contributed by atoms with Crippen molar-refractivity contribution in [2.75, 3.05) is 6.54 Å². The molecule has 0 N–H and O–H groups in total. The molecule has 4 nitrogen and oxygen atoms in total. The number of rotatable bonds is 11. The van der Waals surface area contributed by atoms with E-state index in [-0.39, 0.29) is 24.4 Å². The summed E-state index contributed by atoms with van der Waals surface area (Å²) in [5, 5.41) is 0. The number of ether oxygens (including phenoxy) is 3. The molecule has 1 saturated heterocycles. The number of nitrogens with zero attached hydrogens (tertiary/aromatic N) is 1. The molecule has 1 aliphatic heterocycles. The summed E-state index contributed by atoms with van der Waals surface area (Å²) in [5.41, 5.74) is 4.64. The topological polar surface area (TPSA) is 30.9 Å². The second-order valence-electron chi connectivity index (χ2n) is 9.84. The Morgan fingerprint density at radius 2 is 0.921 bits per heavy atom. The summed E-state index contributed by atoms with van der Waals surface area (Å²) in [6.45, 7) is 7.58. The highest BCUT2D eigenvalue weighted by molar-refractivity contribution is 5.18. The van der Waals surface area contributed by atoms with Crippen molar-refractivity contribution < 1.29 is 14.2 Å². The van der Waals surface area contributed by atoms with Gasteiger partial charge in [0, 0.05) is 19.1 Å². The Morgan fingerprint density at radius 3 is 1.39 bits per heavy atom. The van der Waals surface area contributed by atoms with Gasteiger partial charge in [0.1, 0.15) is 12.2 Å². The van der Waals surface area contributed by atoms with Crippen molar-refractivity contribution in [3.63, 3.8) is 0 Å². The first-order chi connectivity index (χ1) is 18.8. The van der Waals surface area contributed by atoms with Gasteiger partial charge in [0.2, 0.25) is 0 Å². The number of likely N-dealkylation sites (tertiary alicyclic amines) is 1. The maximum absolute atomic E-state index is 6.62. The molecule has 5 rings (SSSR count). The molecule has 4 aromatic rings. The maximum atomic E-state index is 6.62. The Bertz CT molecular complexity index is 1160. The molecule has 4 heteroatoms. The van der Waals surface area contributed by atoms with E-state index < -0.39 is 0 Å². The highest BCUT2D eigenvalue weighted by atomic mass is 16.6. The van der Waals surface area contributed by atoms with Crippen LogP contribution in [0.25, 0.3) is 0 Å². The lowest BCUT2D eigenvalue weighted by atomic mass is 9.93. The van der Waals surface area contributed by atoms with Gasteiger partial charge in [0.25, 0.3) is 0 Å². The molecule has 38 heavy (non-hydrogen) atoms. The van der Waals surface area contributed by atoms with Gasteiger partial charge in [0.15, 0.2) is 0 Å². The number of piperidine rings is 1. The number of hydrogen-bond acceptors (Lipinski definition) is 4. The Morgan fingerprint density at radius 1 is 0.526 bits per heavy atom. The van der Waals surface area contributed by atoms with E-state index in [0.29, 0.717) is 26.4 Å². The fourth-order valence-corrected chi connectivity index (χ4v) is 4.97. The zero-order valence-electron chi connectivity index (χ0n) is 21.8. The second-order valence-corrected chi connectivity index (χ2v) is 9.84. The Kier molecular flexibility index (Phi) is 9.35. The Labute approximate surface area is 226 Å². The molecule has 1 aliphatic rings. The van der Waals surface area contributed by atoms with Crippen LogP contribution in [0.2, 0.25) is 0 Å². The Hall–Kier alpha value is -3.28. The van der Waals surface area contributed by atoms with Gasteiger partial charge >= 0.3 is 0 Å². The zero-order chi connectivity index (χ0) is 26.0. The molecule has 1 fully saturated rings.